The minimum absolute atomic E-state index is 0.0953. The van der Waals surface area contributed by atoms with Gasteiger partial charge in [0, 0.05) is 23.6 Å². The minimum atomic E-state index is -4.26. The smallest absolute Gasteiger partial charge is 0.394 e. The summed E-state index contributed by atoms with van der Waals surface area (Å²) in [6, 6.07) is 5.34. The van der Waals surface area contributed by atoms with Crippen LogP contribution in [0.4, 0.5) is 19.0 Å². The molecule has 3 fully saturated rings. The Morgan fingerprint density at radius 2 is 1.90 bits per heavy atom. The van der Waals surface area contributed by atoms with Gasteiger partial charge in [0.25, 0.3) is 0 Å². The minimum Gasteiger partial charge on any atom is -0.497 e. The van der Waals surface area contributed by atoms with Crippen molar-refractivity contribution in [2.45, 2.75) is 38.9 Å². The van der Waals surface area contributed by atoms with E-state index in [2.05, 4.69) is 15.3 Å². The van der Waals surface area contributed by atoms with Crippen LogP contribution in [0.25, 0.3) is 0 Å². The number of Topliss-reactive ketones (excluding diaryl/α,β-unsaturated/α-hetero) is 1. The van der Waals surface area contributed by atoms with Crippen molar-refractivity contribution >= 4 is 11.6 Å². The molecule has 2 aromatic rings. The number of methoxy groups -OCH3 is 2. The maximum Gasteiger partial charge on any atom is 0.394 e. The molecule has 0 aliphatic heterocycles. The summed E-state index contributed by atoms with van der Waals surface area (Å²) in [5, 5.41) is 3.09. The number of nitrogens with one attached hydrogen (secondary N) is 1. The Kier molecular flexibility index (Phi) is 4.67. The summed E-state index contributed by atoms with van der Waals surface area (Å²) < 4.78 is 50.0. The van der Waals surface area contributed by atoms with Crippen molar-refractivity contribution in [3.63, 3.8) is 0 Å². The molecule has 3 aliphatic carbocycles. The van der Waals surface area contributed by atoms with Crippen LogP contribution in [-0.4, -0.2) is 36.1 Å². The molecular weight excluding hydrogens is 399 g/mol. The molecule has 3 aliphatic rings. The Morgan fingerprint density at radius 1 is 1.20 bits per heavy atom. The fraction of sp³-hybridized carbons (Fsp3) is 0.476. The SMILES string of the molecule is COc1ccc(CNc2ncc(C)nc2C(=O)C23CC(C(F)(F)F)(C2)C3)c(OC)c1. The standard InChI is InChI=1S/C21H22F3N3O3/c1-12-7-25-18(26-8-13-4-5-14(29-2)6-15(13)30-3)16(27-12)17(28)19-9-20(10-19,11-19)21(22,23)24/h4-7H,8-11H2,1-3H3,(H,25,26). The van der Waals surface area contributed by atoms with Crippen LogP contribution >= 0.6 is 0 Å². The molecular formula is C21H22F3N3O3. The summed E-state index contributed by atoms with van der Waals surface area (Å²) in [4.78, 5) is 21.7. The van der Waals surface area contributed by atoms with Gasteiger partial charge in [-0.05, 0) is 38.3 Å². The van der Waals surface area contributed by atoms with Crippen LogP contribution in [-0.2, 0) is 6.54 Å². The van der Waals surface area contributed by atoms with E-state index in [0.717, 1.165) is 5.56 Å². The number of carbonyl (C=O) groups excluding carboxylic acids is 1. The van der Waals surface area contributed by atoms with E-state index in [0.29, 0.717) is 23.7 Å². The van der Waals surface area contributed by atoms with Crippen LogP contribution in [0.5, 0.6) is 11.5 Å². The molecule has 0 atom stereocenters. The van der Waals surface area contributed by atoms with Gasteiger partial charge in [-0.15, -0.1) is 0 Å². The average Bonchev–Trinajstić information content (AvgIpc) is 2.63. The Labute approximate surface area is 171 Å². The van der Waals surface area contributed by atoms with Crippen LogP contribution in [0.15, 0.2) is 24.4 Å². The molecule has 1 N–H and O–H groups in total. The lowest BCUT2D eigenvalue weighted by atomic mass is 9.33. The van der Waals surface area contributed by atoms with Crippen LogP contribution in [0.1, 0.15) is 41.0 Å². The molecule has 0 unspecified atom stereocenters. The third kappa shape index (κ3) is 3.07. The van der Waals surface area contributed by atoms with Gasteiger partial charge in [-0.3, -0.25) is 4.79 Å². The molecule has 1 aromatic carbocycles. The second-order valence-corrected chi connectivity index (χ2v) is 8.16. The van der Waals surface area contributed by atoms with E-state index in [4.69, 9.17) is 9.47 Å². The molecule has 0 radical (unpaired) electrons. The number of hydrogen-bond donors (Lipinski definition) is 1. The van der Waals surface area contributed by atoms with E-state index < -0.39 is 17.0 Å². The summed E-state index contributed by atoms with van der Waals surface area (Å²) in [5.74, 6) is 1.13. The number of alkyl halides is 3. The van der Waals surface area contributed by atoms with Gasteiger partial charge in [-0.25, -0.2) is 9.97 Å². The molecule has 9 heteroatoms. The molecule has 1 heterocycles. The van der Waals surface area contributed by atoms with Gasteiger partial charge in [-0.2, -0.15) is 13.2 Å². The Balaban J connectivity index is 1.54. The number of carbonyl (C=O) groups is 1. The molecule has 1 aromatic heterocycles. The van der Waals surface area contributed by atoms with Gasteiger partial charge >= 0.3 is 6.18 Å². The molecule has 0 amide bonds. The molecule has 5 rings (SSSR count). The summed E-state index contributed by atoms with van der Waals surface area (Å²) >= 11 is 0. The fourth-order valence-corrected chi connectivity index (χ4v) is 4.52. The summed E-state index contributed by atoms with van der Waals surface area (Å²) in [6.07, 6.45) is -3.24. The summed E-state index contributed by atoms with van der Waals surface area (Å²) in [7, 11) is 3.10. The van der Waals surface area contributed by atoms with Crippen molar-refractivity contribution in [1.82, 2.24) is 9.97 Å². The topological polar surface area (TPSA) is 73.3 Å². The fourth-order valence-electron chi connectivity index (χ4n) is 4.52. The largest absolute Gasteiger partial charge is 0.497 e. The van der Waals surface area contributed by atoms with Crippen LogP contribution < -0.4 is 14.8 Å². The predicted octanol–water partition coefficient (Wildman–Crippen LogP) is 4.33. The van der Waals surface area contributed by atoms with Gasteiger partial charge in [0.05, 0.1) is 31.5 Å². The molecule has 30 heavy (non-hydrogen) atoms. The third-order valence-electron chi connectivity index (χ3n) is 6.16. The molecule has 6 nitrogen and oxygen atoms in total. The van der Waals surface area contributed by atoms with E-state index in [1.165, 1.54) is 13.3 Å². The first-order valence-electron chi connectivity index (χ1n) is 9.53. The highest BCUT2D eigenvalue weighted by atomic mass is 19.4. The lowest BCUT2D eigenvalue weighted by Crippen LogP contribution is -2.71. The number of hydrogen-bond acceptors (Lipinski definition) is 6. The number of rotatable bonds is 7. The molecule has 0 spiro atoms. The third-order valence-corrected chi connectivity index (χ3v) is 6.16. The lowest BCUT2D eigenvalue weighted by Gasteiger charge is -2.69. The molecule has 0 saturated heterocycles. The van der Waals surface area contributed by atoms with Crippen LogP contribution in [0.3, 0.4) is 0 Å². The van der Waals surface area contributed by atoms with Crippen LogP contribution in [0.2, 0.25) is 0 Å². The first-order chi connectivity index (χ1) is 14.1. The van der Waals surface area contributed by atoms with Crippen molar-refractivity contribution < 1.29 is 27.4 Å². The number of ketones is 1. The number of halogens is 3. The Bertz CT molecular complexity index is 987. The van der Waals surface area contributed by atoms with Crippen molar-refractivity contribution in [1.29, 1.82) is 0 Å². The zero-order valence-electron chi connectivity index (χ0n) is 16.9. The van der Waals surface area contributed by atoms with Gasteiger partial charge in [0.1, 0.15) is 17.2 Å². The highest BCUT2D eigenvalue weighted by Gasteiger charge is 2.80. The molecule has 2 bridgehead atoms. The lowest BCUT2D eigenvalue weighted by molar-refractivity contribution is -0.346. The highest BCUT2D eigenvalue weighted by molar-refractivity contribution is 6.04. The van der Waals surface area contributed by atoms with E-state index in [1.807, 2.05) is 6.07 Å². The van der Waals surface area contributed by atoms with E-state index in [1.54, 1.807) is 26.2 Å². The Hall–Kier alpha value is -2.84. The van der Waals surface area contributed by atoms with Crippen molar-refractivity contribution in [3.8, 4) is 11.5 Å². The van der Waals surface area contributed by atoms with E-state index in [-0.39, 0.29) is 36.6 Å². The summed E-state index contributed by atoms with van der Waals surface area (Å²) in [5.41, 5.74) is -1.22. The first-order valence-corrected chi connectivity index (χ1v) is 9.53. The first kappa shape index (κ1) is 20.4. The van der Waals surface area contributed by atoms with Crippen LogP contribution in [0, 0.1) is 17.8 Å². The number of nitrogens with zero attached hydrogens (tertiary/aromatic N) is 2. The monoisotopic (exact) mass is 421 g/mol. The number of aromatic nitrogens is 2. The van der Waals surface area contributed by atoms with Crippen molar-refractivity contribution in [2.75, 3.05) is 19.5 Å². The highest BCUT2D eigenvalue weighted by Crippen LogP contribution is 2.79. The van der Waals surface area contributed by atoms with Gasteiger partial charge in [-0.1, -0.05) is 0 Å². The average molecular weight is 421 g/mol. The predicted molar refractivity (Wildman–Crippen MR) is 103 cm³/mol. The normalized spacial score (nSPS) is 24.5. The number of aryl methyl sites for hydroxylation is 1. The van der Waals surface area contributed by atoms with Gasteiger partial charge < -0.3 is 14.8 Å². The maximum atomic E-state index is 13.2. The summed E-state index contributed by atoms with van der Waals surface area (Å²) in [6.45, 7) is 1.99. The second kappa shape index (κ2) is 6.85. The van der Waals surface area contributed by atoms with Gasteiger partial charge in [0.15, 0.2) is 11.6 Å². The Morgan fingerprint density at radius 3 is 2.50 bits per heavy atom. The quantitative estimate of drug-likeness (QED) is 0.671. The number of anilines is 1. The zero-order chi connectivity index (χ0) is 21.7. The van der Waals surface area contributed by atoms with Crippen molar-refractivity contribution in [3.05, 3.63) is 41.3 Å². The van der Waals surface area contributed by atoms with Crippen molar-refractivity contribution in [2.24, 2.45) is 10.8 Å². The van der Waals surface area contributed by atoms with Gasteiger partial charge in [0.2, 0.25) is 0 Å². The zero-order valence-corrected chi connectivity index (χ0v) is 16.9. The molecule has 3 saturated carbocycles. The molecule has 160 valence electrons. The number of ether oxygens (including phenoxy) is 2. The number of benzene rings is 1. The maximum absolute atomic E-state index is 13.2. The second-order valence-electron chi connectivity index (χ2n) is 8.16. The van der Waals surface area contributed by atoms with E-state index in [9.17, 15) is 18.0 Å². The van der Waals surface area contributed by atoms with E-state index >= 15 is 0 Å².